The van der Waals surface area contributed by atoms with Crippen LogP contribution in [0, 0.1) is 13.8 Å². The van der Waals surface area contributed by atoms with Gasteiger partial charge in [0.1, 0.15) is 11.3 Å². The molecule has 7 heteroatoms. The number of carbonyl (C=O) groups is 1. The normalized spacial score (nSPS) is 10.6. The monoisotopic (exact) mass is 353 g/mol. The molecule has 0 saturated carbocycles. The van der Waals surface area contributed by atoms with Gasteiger partial charge < -0.3 is 14.8 Å². The lowest BCUT2D eigenvalue weighted by molar-refractivity contribution is 0.102. The molecule has 1 aromatic carbocycles. The minimum Gasteiger partial charge on any atom is -0.493 e. The number of carbonyl (C=O) groups excluding carboxylic acids is 1. The summed E-state index contributed by atoms with van der Waals surface area (Å²) < 4.78 is 11.8. The molecule has 2 aromatic heterocycles. The Hall–Kier alpha value is -3.35. The Kier molecular flexibility index (Phi) is 4.62. The van der Waals surface area contributed by atoms with Crippen LogP contribution in [0.4, 0.5) is 5.69 Å². The molecule has 2 heterocycles. The van der Waals surface area contributed by atoms with Gasteiger partial charge in [-0.2, -0.15) is 0 Å². The van der Waals surface area contributed by atoms with Crippen molar-refractivity contribution < 1.29 is 14.3 Å². The maximum Gasteiger partial charge on any atom is 0.281 e. The highest BCUT2D eigenvalue weighted by Gasteiger charge is 2.16. The van der Waals surface area contributed by atoms with Gasteiger partial charge in [0.2, 0.25) is 0 Å². The smallest absolute Gasteiger partial charge is 0.281 e. The second-order valence-electron chi connectivity index (χ2n) is 5.83. The molecule has 3 rings (SSSR count). The number of hydrogen-bond acceptors (Lipinski definition) is 5. The van der Waals surface area contributed by atoms with Crippen LogP contribution >= 0.6 is 0 Å². The topological polar surface area (TPSA) is 81.9 Å². The number of aromatic nitrogens is 2. The molecule has 1 N–H and O–H groups in total. The Morgan fingerprint density at radius 2 is 1.81 bits per heavy atom. The first-order valence-corrected chi connectivity index (χ1v) is 7.97. The molecule has 0 saturated heterocycles. The summed E-state index contributed by atoms with van der Waals surface area (Å²) in [5.74, 6) is 0.517. The van der Waals surface area contributed by atoms with Gasteiger partial charge in [-0.05, 0) is 49.7 Å². The number of methoxy groups -OCH3 is 2. The Morgan fingerprint density at radius 3 is 2.50 bits per heavy atom. The van der Waals surface area contributed by atoms with Crippen molar-refractivity contribution in [1.29, 1.82) is 0 Å². The number of amides is 1. The summed E-state index contributed by atoms with van der Waals surface area (Å²) in [6.45, 7) is 3.61. The summed E-state index contributed by atoms with van der Waals surface area (Å²) in [7, 11) is 3.01. The third kappa shape index (κ3) is 3.11. The van der Waals surface area contributed by atoms with E-state index >= 15 is 0 Å². The molecule has 0 unspecified atom stereocenters. The van der Waals surface area contributed by atoms with E-state index in [0.29, 0.717) is 28.4 Å². The molecule has 26 heavy (non-hydrogen) atoms. The Morgan fingerprint density at radius 1 is 1.08 bits per heavy atom. The number of aryl methyl sites for hydroxylation is 2. The van der Waals surface area contributed by atoms with E-state index in [0.717, 1.165) is 5.56 Å². The van der Waals surface area contributed by atoms with Crippen molar-refractivity contribution in [2.24, 2.45) is 0 Å². The highest BCUT2D eigenvalue weighted by Crippen LogP contribution is 2.27. The molecule has 3 aromatic rings. The number of ether oxygens (including phenoxy) is 2. The Bertz CT molecular complexity index is 1060. The van der Waals surface area contributed by atoms with Gasteiger partial charge in [0.05, 0.1) is 19.9 Å². The van der Waals surface area contributed by atoms with Crippen LogP contribution in [0.3, 0.4) is 0 Å². The van der Waals surface area contributed by atoms with E-state index in [1.807, 2.05) is 19.1 Å². The Labute approximate surface area is 150 Å². The van der Waals surface area contributed by atoms with Crippen molar-refractivity contribution in [2.45, 2.75) is 13.8 Å². The highest BCUT2D eigenvalue weighted by molar-refractivity contribution is 6.04. The van der Waals surface area contributed by atoms with E-state index in [2.05, 4.69) is 10.3 Å². The second-order valence-corrected chi connectivity index (χ2v) is 5.83. The number of pyridine rings is 1. The first-order valence-electron chi connectivity index (χ1n) is 7.97. The van der Waals surface area contributed by atoms with Gasteiger partial charge in [0.25, 0.3) is 11.5 Å². The van der Waals surface area contributed by atoms with Gasteiger partial charge in [-0.25, -0.2) is 4.98 Å². The number of anilines is 1. The predicted molar refractivity (Wildman–Crippen MR) is 98.4 cm³/mol. The third-order valence-corrected chi connectivity index (χ3v) is 4.05. The van der Waals surface area contributed by atoms with Gasteiger partial charge >= 0.3 is 0 Å². The lowest BCUT2D eigenvalue weighted by atomic mass is 10.2. The van der Waals surface area contributed by atoms with Crippen LogP contribution in [-0.2, 0) is 0 Å². The number of nitrogens with one attached hydrogen (secondary N) is 1. The summed E-state index contributed by atoms with van der Waals surface area (Å²) in [5.41, 5.74) is 2.15. The zero-order valence-corrected chi connectivity index (χ0v) is 15.0. The van der Waals surface area contributed by atoms with Crippen LogP contribution in [0.5, 0.6) is 11.5 Å². The minimum absolute atomic E-state index is 0.145. The maximum atomic E-state index is 12.7. The molecule has 7 nitrogen and oxygen atoms in total. The van der Waals surface area contributed by atoms with Crippen LogP contribution in [0.15, 0.2) is 41.3 Å². The minimum atomic E-state index is -0.431. The third-order valence-electron chi connectivity index (χ3n) is 4.05. The summed E-state index contributed by atoms with van der Waals surface area (Å²) in [6, 6.07) is 8.41. The van der Waals surface area contributed by atoms with Crippen molar-refractivity contribution in [2.75, 3.05) is 19.5 Å². The van der Waals surface area contributed by atoms with Gasteiger partial charge in [-0.15, -0.1) is 0 Å². The molecular weight excluding hydrogens is 334 g/mol. The lowest BCUT2D eigenvalue weighted by Gasteiger charge is -2.12. The van der Waals surface area contributed by atoms with E-state index < -0.39 is 5.91 Å². The van der Waals surface area contributed by atoms with E-state index in [1.54, 1.807) is 31.3 Å². The SMILES string of the molecule is COc1ccc(C(=O)Nc2c(C)nc3cc(C)ccn3c2=O)cc1OC. The van der Waals surface area contributed by atoms with Crippen LogP contribution < -0.4 is 20.3 Å². The molecule has 0 aliphatic rings. The van der Waals surface area contributed by atoms with Gasteiger partial charge in [0, 0.05) is 11.8 Å². The van der Waals surface area contributed by atoms with Crippen molar-refractivity contribution in [3.63, 3.8) is 0 Å². The summed E-state index contributed by atoms with van der Waals surface area (Å²) in [6.07, 6.45) is 1.64. The number of hydrogen-bond donors (Lipinski definition) is 1. The van der Waals surface area contributed by atoms with Crippen LogP contribution in [0.25, 0.3) is 5.65 Å². The highest BCUT2D eigenvalue weighted by atomic mass is 16.5. The molecule has 0 aliphatic carbocycles. The zero-order valence-electron chi connectivity index (χ0n) is 15.0. The molecule has 0 fully saturated rings. The summed E-state index contributed by atoms with van der Waals surface area (Å²) >= 11 is 0. The predicted octanol–water partition coefficient (Wildman–Crippen LogP) is 2.58. The average molecular weight is 353 g/mol. The number of nitrogens with zero attached hydrogens (tertiary/aromatic N) is 2. The molecule has 0 atom stereocenters. The average Bonchev–Trinajstić information content (AvgIpc) is 2.64. The van der Waals surface area contributed by atoms with Gasteiger partial charge in [-0.3, -0.25) is 14.0 Å². The second kappa shape index (κ2) is 6.87. The van der Waals surface area contributed by atoms with E-state index in [4.69, 9.17) is 9.47 Å². The quantitative estimate of drug-likeness (QED) is 0.780. The van der Waals surface area contributed by atoms with Crippen LogP contribution in [0.1, 0.15) is 21.6 Å². The maximum absolute atomic E-state index is 12.7. The van der Waals surface area contributed by atoms with E-state index in [1.165, 1.54) is 18.6 Å². The summed E-state index contributed by atoms with van der Waals surface area (Å²) in [4.78, 5) is 29.7. The summed E-state index contributed by atoms with van der Waals surface area (Å²) in [5, 5.41) is 2.66. The van der Waals surface area contributed by atoms with E-state index in [-0.39, 0.29) is 11.2 Å². The molecule has 0 spiro atoms. The molecule has 0 bridgehead atoms. The zero-order chi connectivity index (χ0) is 18.8. The largest absolute Gasteiger partial charge is 0.493 e. The fourth-order valence-corrected chi connectivity index (χ4v) is 2.66. The first-order chi connectivity index (χ1) is 12.4. The molecule has 134 valence electrons. The molecular formula is C19H19N3O4. The van der Waals surface area contributed by atoms with Crippen LogP contribution in [0.2, 0.25) is 0 Å². The van der Waals surface area contributed by atoms with Crippen molar-refractivity contribution in [3.05, 3.63) is 63.7 Å². The van der Waals surface area contributed by atoms with Crippen molar-refractivity contribution in [1.82, 2.24) is 9.38 Å². The number of rotatable bonds is 4. The first kappa shape index (κ1) is 17.5. The van der Waals surface area contributed by atoms with Crippen molar-refractivity contribution >= 4 is 17.2 Å². The number of fused-ring (bicyclic) bond motifs is 1. The molecule has 1 amide bonds. The Balaban J connectivity index is 2.00. The van der Waals surface area contributed by atoms with Gasteiger partial charge in [0.15, 0.2) is 11.5 Å². The van der Waals surface area contributed by atoms with Crippen LogP contribution in [-0.4, -0.2) is 29.5 Å². The van der Waals surface area contributed by atoms with Crippen molar-refractivity contribution in [3.8, 4) is 11.5 Å². The fourth-order valence-electron chi connectivity index (χ4n) is 2.66. The lowest BCUT2D eigenvalue weighted by Crippen LogP contribution is -2.25. The standard InChI is InChI=1S/C19H19N3O4/c1-11-7-8-22-16(9-11)20-12(2)17(19(22)24)21-18(23)13-5-6-14(25-3)15(10-13)26-4/h5-10H,1-4H3,(H,21,23). The number of benzene rings is 1. The van der Waals surface area contributed by atoms with Gasteiger partial charge in [-0.1, -0.05) is 0 Å². The molecule has 0 aliphatic heterocycles. The molecule has 0 radical (unpaired) electrons. The van der Waals surface area contributed by atoms with E-state index in [9.17, 15) is 9.59 Å². The fraction of sp³-hybridized carbons (Fsp3) is 0.211.